The standard InChI is InChI=1S/C20H29N3O2/c24-19(22-20(25)21-13-16-7-3-1-4-8-16)15-23(18-11-12-18)14-17-9-5-2-6-10-17/h1,3-4,7-8,17-18H,2,5-6,9-15H2,(H2,21,22,24,25). The van der Waals surface area contributed by atoms with Gasteiger partial charge in [-0.1, -0.05) is 49.6 Å². The van der Waals surface area contributed by atoms with Gasteiger partial charge in [-0.2, -0.15) is 0 Å². The Kier molecular flexibility index (Phi) is 6.45. The van der Waals surface area contributed by atoms with Crippen molar-refractivity contribution in [2.45, 2.75) is 57.5 Å². The first-order valence-electron chi connectivity index (χ1n) is 9.56. The number of carbonyl (C=O) groups excluding carboxylic acids is 2. The molecule has 0 atom stereocenters. The molecule has 0 aromatic heterocycles. The number of carbonyl (C=O) groups is 2. The first kappa shape index (κ1) is 17.9. The van der Waals surface area contributed by atoms with Crippen LogP contribution < -0.4 is 10.6 Å². The number of nitrogens with zero attached hydrogens (tertiary/aromatic N) is 1. The van der Waals surface area contributed by atoms with Crippen molar-refractivity contribution in [2.75, 3.05) is 13.1 Å². The molecule has 0 bridgehead atoms. The highest BCUT2D eigenvalue weighted by Gasteiger charge is 2.32. The Hall–Kier alpha value is -1.88. The van der Waals surface area contributed by atoms with Gasteiger partial charge < -0.3 is 5.32 Å². The maximum Gasteiger partial charge on any atom is 0.321 e. The predicted molar refractivity (Wildman–Crippen MR) is 98.0 cm³/mol. The summed E-state index contributed by atoms with van der Waals surface area (Å²) in [5.41, 5.74) is 1.02. The summed E-state index contributed by atoms with van der Waals surface area (Å²) in [5.74, 6) is 0.516. The Morgan fingerprint density at radius 1 is 1.00 bits per heavy atom. The highest BCUT2D eigenvalue weighted by atomic mass is 16.2. The molecule has 1 aromatic rings. The van der Waals surface area contributed by atoms with Crippen LogP contribution in [0.1, 0.15) is 50.5 Å². The first-order chi connectivity index (χ1) is 12.2. The molecule has 5 nitrogen and oxygen atoms in total. The lowest BCUT2D eigenvalue weighted by Gasteiger charge is -2.29. The largest absolute Gasteiger partial charge is 0.334 e. The number of nitrogens with one attached hydrogen (secondary N) is 2. The maximum atomic E-state index is 12.2. The fourth-order valence-electron chi connectivity index (χ4n) is 3.66. The van der Waals surface area contributed by atoms with Crippen LogP contribution in [-0.4, -0.2) is 36.0 Å². The lowest BCUT2D eigenvalue weighted by molar-refractivity contribution is -0.121. The lowest BCUT2D eigenvalue weighted by atomic mass is 9.89. The molecule has 25 heavy (non-hydrogen) atoms. The van der Waals surface area contributed by atoms with E-state index in [9.17, 15) is 9.59 Å². The summed E-state index contributed by atoms with van der Waals surface area (Å²) in [6.07, 6.45) is 8.90. The third-order valence-corrected chi connectivity index (χ3v) is 5.18. The summed E-state index contributed by atoms with van der Waals surface area (Å²) in [6, 6.07) is 9.81. The summed E-state index contributed by atoms with van der Waals surface area (Å²) in [6.45, 7) is 1.76. The fraction of sp³-hybridized carbons (Fsp3) is 0.600. The second-order valence-electron chi connectivity index (χ2n) is 7.38. The molecule has 2 aliphatic carbocycles. The van der Waals surface area contributed by atoms with E-state index in [4.69, 9.17) is 0 Å². The van der Waals surface area contributed by atoms with E-state index in [0.717, 1.165) is 12.1 Å². The second kappa shape index (κ2) is 8.99. The quantitative estimate of drug-likeness (QED) is 0.800. The van der Waals surface area contributed by atoms with E-state index in [1.54, 1.807) is 0 Å². The van der Waals surface area contributed by atoms with Gasteiger partial charge in [0.25, 0.3) is 0 Å². The molecule has 2 saturated carbocycles. The molecule has 0 saturated heterocycles. The normalized spacial score (nSPS) is 18.1. The third-order valence-electron chi connectivity index (χ3n) is 5.18. The Labute approximate surface area is 150 Å². The third kappa shape index (κ3) is 6.16. The van der Waals surface area contributed by atoms with Gasteiger partial charge in [0, 0.05) is 19.1 Å². The van der Waals surface area contributed by atoms with Crippen molar-refractivity contribution in [3.63, 3.8) is 0 Å². The smallest absolute Gasteiger partial charge is 0.321 e. The summed E-state index contributed by atoms with van der Waals surface area (Å²) in [4.78, 5) is 26.4. The van der Waals surface area contributed by atoms with Gasteiger partial charge in [0.1, 0.15) is 0 Å². The van der Waals surface area contributed by atoms with E-state index in [-0.39, 0.29) is 5.91 Å². The van der Waals surface area contributed by atoms with Crippen LogP contribution in [0.15, 0.2) is 30.3 Å². The second-order valence-corrected chi connectivity index (χ2v) is 7.38. The van der Waals surface area contributed by atoms with Crippen molar-refractivity contribution in [3.05, 3.63) is 35.9 Å². The molecule has 136 valence electrons. The van der Waals surface area contributed by atoms with Crippen molar-refractivity contribution < 1.29 is 9.59 Å². The van der Waals surface area contributed by atoms with Crippen LogP contribution in [0.5, 0.6) is 0 Å². The molecule has 0 aliphatic heterocycles. The zero-order valence-corrected chi connectivity index (χ0v) is 14.9. The van der Waals surface area contributed by atoms with E-state index < -0.39 is 6.03 Å². The van der Waals surface area contributed by atoms with Crippen LogP contribution in [0.3, 0.4) is 0 Å². The van der Waals surface area contributed by atoms with Crippen molar-refractivity contribution >= 4 is 11.9 Å². The summed E-state index contributed by atoms with van der Waals surface area (Å²) in [7, 11) is 0. The molecule has 3 rings (SSSR count). The number of amides is 3. The zero-order chi connectivity index (χ0) is 17.5. The number of hydrogen-bond acceptors (Lipinski definition) is 3. The molecule has 2 N–H and O–H groups in total. The minimum absolute atomic E-state index is 0.201. The molecule has 0 radical (unpaired) electrons. The highest BCUT2D eigenvalue weighted by molar-refractivity contribution is 5.95. The molecular weight excluding hydrogens is 314 g/mol. The van der Waals surface area contributed by atoms with Crippen molar-refractivity contribution in [3.8, 4) is 0 Å². The van der Waals surface area contributed by atoms with Gasteiger partial charge in [-0.25, -0.2) is 4.79 Å². The number of benzene rings is 1. The number of hydrogen-bond donors (Lipinski definition) is 2. The molecular formula is C20H29N3O2. The van der Waals surface area contributed by atoms with E-state index in [0.29, 0.717) is 25.0 Å². The minimum Gasteiger partial charge on any atom is -0.334 e. The topological polar surface area (TPSA) is 61.4 Å². The number of rotatable bonds is 7. The molecule has 0 unspecified atom stereocenters. The van der Waals surface area contributed by atoms with Crippen LogP contribution in [-0.2, 0) is 11.3 Å². The molecule has 2 fully saturated rings. The van der Waals surface area contributed by atoms with E-state index in [1.165, 1.54) is 44.9 Å². The van der Waals surface area contributed by atoms with Crippen LogP contribution in [0.2, 0.25) is 0 Å². The van der Waals surface area contributed by atoms with Crippen LogP contribution in [0.4, 0.5) is 4.79 Å². The van der Waals surface area contributed by atoms with Crippen LogP contribution >= 0.6 is 0 Å². The van der Waals surface area contributed by atoms with Crippen molar-refractivity contribution in [1.29, 1.82) is 0 Å². The Morgan fingerprint density at radius 2 is 1.72 bits per heavy atom. The fourth-order valence-corrected chi connectivity index (χ4v) is 3.66. The molecule has 3 amide bonds. The van der Waals surface area contributed by atoms with E-state index in [1.807, 2.05) is 30.3 Å². The first-order valence-corrected chi connectivity index (χ1v) is 9.56. The van der Waals surface area contributed by atoms with Crippen LogP contribution in [0, 0.1) is 5.92 Å². The monoisotopic (exact) mass is 343 g/mol. The van der Waals surface area contributed by atoms with E-state index in [2.05, 4.69) is 15.5 Å². The van der Waals surface area contributed by atoms with Crippen LogP contribution in [0.25, 0.3) is 0 Å². The van der Waals surface area contributed by atoms with Gasteiger partial charge in [-0.3, -0.25) is 15.0 Å². The van der Waals surface area contributed by atoms with Crippen molar-refractivity contribution in [2.24, 2.45) is 5.92 Å². The number of imide groups is 1. The maximum absolute atomic E-state index is 12.2. The van der Waals surface area contributed by atoms with Gasteiger partial charge >= 0.3 is 6.03 Å². The molecule has 0 heterocycles. The van der Waals surface area contributed by atoms with Gasteiger partial charge in [-0.05, 0) is 37.2 Å². The zero-order valence-electron chi connectivity index (χ0n) is 14.9. The summed E-state index contributed by atoms with van der Waals surface area (Å²) in [5, 5.41) is 5.21. The molecule has 2 aliphatic rings. The average Bonchev–Trinajstić information content (AvgIpc) is 3.46. The van der Waals surface area contributed by atoms with Crippen molar-refractivity contribution in [1.82, 2.24) is 15.5 Å². The van der Waals surface area contributed by atoms with Gasteiger partial charge in [0.2, 0.25) is 5.91 Å². The Morgan fingerprint density at radius 3 is 2.40 bits per heavy atom. The Balaban J connectivity index is 1.40. The predicted octanol–water partition coefficient (Wildman–Crippen LogP) is 3.06. The molecule has 0 spiro atoms. The van der Waals surface area contributed by atoms with Gasteiger partial charge in [0.15, 0.2) is 0 Å². The summed E-state index contributed by atoms with van der Waals surface area (Å²) < 4.78 is 0. The highest BCUT2D eigenvalue weighted by Crippen LogP contribution is 2.31. The molecule has 5 heteroatoms. The average molecular weight is 343 g/mol. The van der Waals surface area contributed by atoms with Gasteiger partial charge in [0.05, 0.1) is 6.54 Å². The molecule has 1 aromatic carbocycles. The summed E-state index contributed by atoms with van der Waals surface area (Å²) >= 11 is 0. The number of urea groups is 1. The Bertz CT molecular complexity index is 566. The van der Waals surface area contributed by atoms with E-state index >= 15 is 0 Å². The minimum atomic E-state index is -0.415. The lowest BCUT2D eigenvalue weighted by Crippen LogP contribution is -2.46. The SMILES string of the molecule is O=C(CN(CC1CCCCC1)C1CC1)NC(=O)NCc1ccccc1. The van der Waals surface area contributed by atoms with Gasteiger partial charge in [-0.15, -0.1) is 0 Å².